The molecule has 0 spiro atoms. The number of halogens is 1. The van der Waals surface area contributed by atoms with E-state index in [4.69, 9.17) is 9.72 Å². The van der Waals surface area contributed by atoms with E-state index in [1.165, 1.54) is 30.2 Å². The maximum atomic E-state index is 5.76. The van der Waals surface area contributed by atoms with Crippen LogP contribution in [-0.4, -0.2) is 23.1 Å². The summed E-state index contributed by atoms with van der Waals surface area (Å²) in [4.78, 5) is 9.10. The fraction of sp³-hybridized carbons (Fsp3) is 0.364. The highest BCUT2D eigenvalue weighted by Gasteiger charge is 2.17. The van der Waals surface area contributed by atoms with Crippen LogP contribution in [0.4, 0.5) is 0 Å². The van der Waals surface area contributed by atoms with Gasteiger partial charge in [0.15, 0.2) is 0 Å². The second kappa shape index (κ2) is 9.16. The molecule has 0 saturated carbocycles. The minimum Gasteiger partial charge on any atom is -0.473 e. The number of rotatable bonds is 4. The third-order valence-electron chi connectivity index (χ3n) is 5.15. The van der Waals surface area contributed by atoms with Crippen LogP contribution in [0.5, 0.6) is 5.88 Å². The molecule has 1 saturated heterocycles. The molecule has 1 N–H and O–H groups in total. The molecule has 4 rings (SSSR count). The quantitative estimate of drug-likeness (QED) is 0.703. The predicted octanol–water partition coefficient (Wildman–Crippen LogP) is 4.80. The van der Waals surface area contributed by atoms with Gasteiger partial charge < -0.3 is 10.1 Å². The minimum atomic E-state index is 0. The predicted molar refractivity (Wildman–Crippen MR) is 112 cm³/mol. The lowest BCUT2D eigenvalue weighted by Crippen LogP contribution is -2.14. The molecule has 1 aliphatic heterocycles. The number of ether oxygens (including phenoxy) is 1. The van der Waals surface area contributed by atoms with Crippen molar-refractivity contribution in [2.24, 2.45) is 0 Å². The number of aromatic nitrogens is 2. The summed E-state index contributed by atoms with van der Waals surface area (Å²) in [6, 6.07) is 14.5. The number of nitrogens with zero attached hydrogens (tertiary/aromatic N) is 2. The summed E-state index contributed by atoms with van der Waals surface area (Å²) in [6.45, 7) is 4.88. The maximum Gasteiger partial charge on any atom is 0.213 e. The summed E-state index contributed by atoms with van der Waals surface area (Å²) in [5.41, 5.74) is 4.73. The molecule has 0 amide bonds. The average molecular weight is 384 g/mol. The Morgan fingerprint density at radius 2 is 2.04 bits per heavy atom. The monoisotopic (exact) mass is 383 g/mol. The van der Waals surface area contributed by atoms with E-state index in [1.807, 2.05) is 18.2 Å². The van der Waals surface area contributed by atoms with Crippen molar-refractivity contribution in [3.05, 3.63) is 65.5 Å². The Balaban J connectivity index is 0.00000210. The molecule has 1 aromatic carbocycles. The van der Waals surface area contributed by atoms with Gasteiger partial charge in [0.25, 0.3) is 0 Å². The smallest absolute Gasteiger partial charge is 0.213 e. The molecule has 142 valence electrons. The van der Waals surface area contributed by atoms with Gasteiger partial charge in [0.2, 0.25) is 5.88 Å². The van der Waals surface area contributed by atoms with E-state index < -0.39 is 0 Å². The molecular formula is C22H26ClN3O. The van der Waals surface area contributed by atoms with Crippen LogP contribution in [0.15, 0.2) is 48.7 Å². The van der Waals surface area contributed by atoms with Crippen molar-refractivity contribution in [2.75, 3.05) is 13.1 Å². The van der Waals surface area contributed by atoms with Crippen molar-refractivity contribution in [3.63, 3.8) is 0 Å². The van der Waals surface area contributed by atoms with Crippen LogP contribution in [0.1, 0.15) is 42.0 Å². The van der Waals surface area contributed by atoms with Crippen LogP contribution in [0, 0.1) is 6.92 Å². The summed E-state index contributed by atoms with van der Waals surface area (Å²) >= 11 is 0. The first-order valence-corrected chi connectivity index (χ1v) is 9.44. The number of nitrogens with one attached hydrogen (secondary N) is 1. The molecule has 1 unspecified atom stereocenters. The molecule has 3 heterocycles. The van der Waals surface area contributed by atoms with E-state index in [9.17, 15) is 0 Å². The fourth-order valence-electron chi connectivity index (χ4n) is 3.75. The van der Waals surface area contributed by atoms with Crippen molar-refractivity contribution in [3.8, 4) is 5.88 Å². The SMILES string of the molecule is Cc1nc2cc(COc3ccccn3)ccc2cc1C1CCCNCC1.Cl. The van der Waals surface area contributed by atoms with Crippen LogP contribution in [0.2, 0.25) is 0 Å². The van der Waals surface area contributed by atoms with E-state index >= 15 is 0 Å². The third-order valence-corrected chi connectivity index (χ3v) is 5.15. The summed E-state index contributed by atoms with van der Waals surface area (Å²) in [5.74, 6) is 1.27. The molecule has 5 heteroatoms. The van der Waals surface area contributed by atoms with E-state index in [-0.39, 0.29) is 12.4 Å². The first-order chi connectivity index (χ1) is 12.8. The Morgan fingerprint density at radius 3 is 2.89 bits per heavy atom. The lowest BCUT2D eigenvalue weighted by atomic mass is 9.90. The first-order valence-electron chi connectivity index (χ1n) is 9.44. The van der Waals surface area contributed by atoms with E-state index in [1.54, 1.807) is 6.20 Å². The van der Waals surface area contributed by atoms with Crippen LogP contribution in [0.3, 0.4) is 0 Å². The van der Waals surface area contributed by atoms with Gasteiger partial charge in [0.05, 0.1) is 5.52 Å². The highest BCUT2D eigenvalue weighted by Crippen LogP contribution is 2.30. The number of hydrogen-bond donors (Lipinski definition) is 1. The number of benzene rings is 1. The lowest BCUT2D eigenvalue weighted by Gasteiger charge is -2.17. The number of aryl methyl sites for hydroxylation is 1. The summed E-state index contributed by atoms with van der Waals surface area (Å²) in [7, 11) is 0. The number of hydrogen-bond acceptors (Lipinski definition) is 4. The molecule has 2 aromatic heterocycles. The molecule has 27 heavy (non-hydrogen) atoms. The Labute approximate surface area is 166 Å². The standard InChI is InChI=1S/C22H25N3O.ClH/c1-16-20(18-5-4-10-23-12-9-18)14-19-8-7-17(13-21(19)25-16)15-26-22-6-2-3-11-24-22;/h2-3,6-8,11,13-14,18,23H,4-5,9-10,12,15H2,1H3;1H. The van der Waals surface area contributed by atoms with Crippen LogP contribution < -0.4 is 10.1 Å². The van der Waals surface area contributed by atoms with Gasteiger partial charge in [0, 0.05) is 23.3 Å². The van der Waals surface area contributed by atoms with Crippen molar-refractivity contribution in [1.82, 2.24) is 15.3 Å². The van der Waals surface area contributed by atoms with Gasteiger partial charge in [-0.3, -0.25) is 4.98 Å². The third kappa shape index (κ3) is 4.76. The van der Waals surface area contributed by atoms with Crippen LogP contribution in [0.25, 0.3) is 10.9 Å². The second-order valence-corrected chi connectivity index (χ2v) is 7.02. The molecule has 0 radical (unpaired) electrons. The Kier molecular flexibility index (Phi) is 6.64. The van der Waals surface area contributed by atoms with Crippen LogP contribution >= 0.6 is 12.4 Å². The number of fused-ring (bicyclic) bond motifs is 1. The maximum absolute atomic E-state index is 5.76. The molecule has 4 nitrogen and oxygen atoms in total. The highest BCUT2D eigenvalue weighted by molar-refractivity contribution is 5.85. The van der Waals surface area contributed by atoms with Gasteiger partial charge in [-0.2, -0.15) is 0 Å². The molecule has 0 bridgehead atoms. The van der Waals surface area contributed by atoms with E-state index in [0.717, 1.165) is 29.9 Å². The van der Waals surface area contributed by atoms with Crippen molar-refractivity contribution >= 4 is 23.3 Å². The summed E-state index contributed by atoms with van der Waals surface area (Å²) < 4.78 is 5.76. The van der Waals surface area contributed by atoms with Crippen molar-refractivity contribution in [2.45, 2.75) is 38.7 Å². The van der Waals surface area contributed by atoms with Crippen molar-refractivity contribution < 1.29 is 4.74 Å². The topological polar surface area (TPSA) is 47.0 Å². The fourth-order valence-corrected chi connectivity index (χ4v) is 3.75. The molecular weight excluding hydrogens is 358 g/mol. The van der Waals surface area contributed by atoms with Crippen LogP contribution in [-0.2, 0) is 6.61 Å². The summed E-state index contributed by atoms with van der Waals surface area (Å²) in [6.07, 6.45) is 5.43. The Bertz CT molecular complexity index is 877. The Hall–Kier alpha value is -2.17. The Morgan fingerprint density at radius 1 is 1.11 bits per heavy atom. The van der Waals surface area contributed by atoms with Gasteiger partial charge in [-0.25, -0.2) is 4.98 Å². The van der Waals surface area contributed by atoms with Gasteiger partial charge in [0.1, 0.15) is 6.61 Å². The largest absolute Gasteiger partial charge is 0.473 e. The molecule has 1 atom stereocenters. The number of pyridine rings is 2. The van der Waals surface area contributed by atoms with E-state index in [2.05, 4.69) is 41.5 Å². The van der Waals surface area contributed by atoms with Gasteiger partial charge in [-0.05, 0) is 74.5 Å². The zero-order chi connectivity index (χ0) is 17.8. The summed E-state index contributed by atoms with van der Waals surface area (Å²) in [5, 5.41) is 4.71. The highest BCUT2D eigenvalue weighted by atomic mass is 35.5. The van der Waals surface area contributed by atoms with Crippen molar-refractivity contribution in [1.29, 1.82) is 0 Å². The van der Waals surface area contributed by atoms with Gasteiger partial charge in [-0.1, -0.05) is 18.2 Å². The minimum absolute atomic E-state index is 0. The molecule has 0 aliphatic carbocycles. The average Bonchev–Trinajstić information content (AvgIpc) is 2.96. The van der Waals surface area contributed by atoms with Gasteiger partial charge >= 0.3 is 0 Å². The second-order valence-electron chi connectivity index (χ2n) is 7.02. The molecule has 3 aromatic rings. The molecule has 1 aliphatic rings. The zero-order valence-electron chi connectivity index (χ0n) is 15.6. The first kappa shape index (κ1) is 19.6. The normalized spacial score (nSPS) is 17.1. The van der Waals surface area contributed by atoms with Gasteiger partial charge in [-0.15, -0.1) is 12.4 Å². The zero-order valence-corrected chi connectivity index (χ0v) is 16.5. The molecule has 1 fully saturated rings. The van der Waals surface area contributed by atoms with E-state index in [0.29, 0.717) is 18.4 Å². The lowest BCUT2D eigenvalue weighted by molar-refractivity contribution is 0.294.